The first-order chi connectivity index (χ1) is 14.4. The summed E-state index contributed by atoms with van der Waals surface area (Å²) in [6.45, 7) is 1.13. The standard InChI is InChI=1S/C21H23N5O3S/c22-21(12-15-4-1-2-5-16(15)13-21)20(27)25-8-10-26(11-9-25)30(28,29)18-14-24-19-17(18)6-3-7-23-19/h1-7,14H,8-13,22H2,(H,23,24). The minimum Gasteiger partial charge on any atom is -0.345 e. The van der Waals surface area contributed by atoms with E-state index in [9.17, 15) is 13.2 Å². The Kier molecular flexibility index (Phi) is 4.42. The number of nitrogens with one attached hydrogen (secondary N) is 1. The fourth-order valence-electron chi connectivity index (χ4n) is 4.53. The number of hydrogen-bond acceptors (Lipinski definition) is 5. The van der Waals surface area contributed by atoms with Gasteiger partial charge in [0, 0.05) is 44.0 Å². The van der Waals surface area contributed by atoms with Crippen molar-refractivity contribution < 1.29 is 13.2 Å². The van der Waals surface area contributed by atoms with Gasteiger partial charge in [-0.3, -0.25) is 4.79 Å². The Labute approximate surface area is 174 Å². The van der Waals surface area contributed by atoms with E-state index in [1.54, 1.807) is 23.2 Å². The van der Waals surface area contributed by atoms with Gasteiger partial charge in [-0.15, -0.1) is 0 Å². The highest BCUT2D eigenvalue weighted by Crippen LogP contribution is 2.31. The predicted octanol–water partition coefficient (Wildman–Crippen LogP) is 0.892. The number of amides is 1. The first-order valence-electron chi connectivity index (χ1n) is 9.96. The van der Waals surface area contributed by atoms with Gasteiger partial charge in [-0.25, -0.2) is 13.4 Å². The summed E-state index contributed by atoms with van der Waals surface area (Å²) >= 11 is 0. The fourth-order valence-corrected chi connectivity index (χ4v) is 6.10. The van der Waals surface area contributed by atoms with Gasteiger partial charge in [0.15, 0.2) is 0 Å². The van der Waals surface area contributed by atoms with Crippen LogP contribution < -0.4 is 5.73 Å². The van der Waals surface area contributed by atoms with Crippen LogP contribution in [0.15, 0.2) is 53.7 Å². The lowest BCUT2D eigenvalue weighted by atomic mass is 9.95. The summed E-state index contributed by atoms with van der Waals surface area (Å²) in [7, 11) is -3.68. The number of benzene rings is 1. The predicted molar refractivity (Wildman–Crippen MR) is 112 cm³/mol. The van der Waals surface area contributed by atoms with Gasteiger partial charge < -0.3 is 15.6 Å². The smallest absolute Gasteiger partial charge is 0.245 e. The number of carbonyl (C=O) groups excluding carboxylic acids is 1. The van der Waals surface area contributed by atoms with Gasteiger partial charge >= 0.3 is 0 Å². The van der Waals surface area contributed by atoms with E-state index >= 15 is 0 Å². The third kappa shape index (κ3) is 3.01. The Balaban J connectivity index is 1.30. The summed E-state index contributed by atoms with van der Waals surface area (Å²) in [5.74, 6) is -0.105. The summed E-state index contributed by atoms with van der Waals surface area (Å²) in [5.41, 5.74) is 8.32. The molecule has 3 aromatic rings. The molecule has 1 fully saturated rings. The molecule has 0 bridgehead atoms. The number of sulfonamides is 1. The summed E-state index contributed by atoms with van der Waals surface area (Å²) in [5, 5.41) is 0.570. The van der Waals surface area contributed by atoms with Crippen LogP contribution in [0.25, 0.3) is 11.0 Å². The molecule has 30 heavy (non-hydrogen) atoms. The summed E-state index contributed by atoms with van der Waals surface area (Å²) in [6, 6.07) is 11.4. The normalized spacial score (nSPS) is 19.2. The molecule has 1 aliphatic heterocycles. The van der Waals surface area contributed by atoms with Crippen molar-refractivity contribution in [3.8, 4) is 0 Å². The van der Waals surface area contributed by atoms with Crippen LogP contribution in [0.5, 0.6) is 0 Å². The molecule has 0 saturated carbocycles. The van der Waals surface area contributed by atoms with Crippen molar-refractivity contribution in [1.82, 2.24) is 19.2 Å². The molecule has 2 aromatic heterocycles. The Morgan fingerprint density at radius 3 is 2.37 bits per heavy atom. The van der Waals surface area contributed by atoms with Crippen LogP contribution in [-0.2, 0) is 27.7 Å². The Morgan fingerprint density at radius 2 is 1.70 bits per heavy atom. The number of piperazine rings is 1. The van der Waals surface area contributed by atoms with Gasteiger partial charge in [0.1, 0.15) is 16.1 Å². The van der Waals surface area contributed by atoms with Crippen molar-refractivity contribution in [3.05, 3.63) is 59.9 Å². The van der Waals surface area contributed by atoms with Crippen molar-refractivity contribution >= 4 is 27.0 Å². The van der Waals surface area contributed by atoms with Crippen molar-refractivity contribution in [1.29, 1.82) is 0 Å². The van der Waals surface area contributed by atoms with Crippen molar-refractivity contribution in [3.63, 3.8) is 0 Å². The number of rotatable bonds is 3. The van der Waals surface area contributed by atoms with Gasteiger partial charge in [0.2, 0.25) is 15.9 Å². The zero-order valence-corrected chi connectivity index (χ0v) is 17.2. The molecule has 1 saturated heterocycles. The second kappa shape index (κ2) is 6.90. The highest BCUT2D eigenvalue weighted by molar-refractivity contribution is 7.89. The molecule has 3 heterocycles. The Morgan fingerprint density at radius 1 is 1.03 bits per heavy atom. The number of nitrogens with two attached hydrogens (primary N) is 1. The Hall–Kier alpha value is -2.75. The average Bonchev–Trinajstić information content (AvgIpc) is 3.34. The van der Waals surface area contributed by atoms with Crippen molar-refractivity contribution in [2.75, 3.05) is 26.2 Å². The zero-order chi connectivity index (χ0) is 20.9. The van der Waals surface area contributed by atoms with Crippen molar-refractivity contribution in [2.24, 2.45) is 5.73 Å². The van der Waals surface area contributed by atoms with Crippen molar-refractivity contribution in [2.45, 2.75) is 23.3 Å². The van der Waals surface area contributed by atoms with Gasteiger partial charge in [-0.1, -0.05) is 24.3 Å². The number of aromatic nitrogens is 2. The molecule has 0 unspecified atom stereocenters. The summed E-state index contributed by atoms with van der Waals surface area (Å²) in [4.78, 5) is 22.2. The quantitative estimate of drug-likeness (QED) is 0.647. The lowest BCUT2D eigenvalue weighted by Crippen LogP contribution is -2.60. The number of fused-ring (bicyclic) bond motifs is 2. The van der Waals surface area contributed by atoms with E-state index in [0.29, 0.717) is 37.0 Å². The molecular formula is C21H23N5O3S. The molecular weight excluding hydrogens is 402 g/mol. The number of hydrogen-bond donors (Lipinski definition) is 2. The zero-order valence-electron chi connectivity index (χ0n) is 16.4. The number of aromatic amines is 1. The highest BCUT2D eigenvalue weighted by Gasteiger charge is 2.43. The van der Waals surface area contributed by atoms with Gasteiger partial charge in [-0.2, -0.15) is 4.31 Å². The maximum absolute atomic E-state index is 13.2. The van der Waals surface area contributed by atoms with E-state index in [-0.39, 0.29) is 23.9 Å². The molecule has 2 aliphatic rings. The lowest BCUT2D eigenvalue weighted by Gasteiger charge is -2.37. The van der Waals surface area contributed by atoms with Crippen LogP contribution in [-0.4, -0.2) is 65.2 Å². The molecule has 5 rings (SSSR count). The minimum atomic E-state index is -3.68. The van der Waals surface area contributed by atoms with Crippen LogP contribution in [0.2, 0.25) is 0 Å². The van der Waals surface area contributed by atoms with Gasteiger partial charge in [-0.05, 0) is 36.1 Å². The highest BCUT2D eigenvalue weighted by atomic mass is 32.2. The SMILES string of the molecule is NC1(C(=O)N2CCN(S(=O)(=O)c3c[nH]c4ncccc34)CC2)Cc2ccccc2C1. The molecule has 8 nitrogen and oxygen atoms in total. The average molecular weight is 426 g/mol. The molecule has 3 N–H and O–H groups in total. The van der Waals surface area contributed by atoms with E-state index in [2.05, 4.69) is 9.97 Å². The maximum atomic E-state index is 13.2. The van der Waals surface area contributed by atoms with Gasteiger partial charge in [0.25, 0.3) is 0 Å². The van der Waals surface area contributed by atoms with Crippen LogP contribution in [0.3, 0.4) is 0 Å². The second-order valence-electron chi connectivity index (χ2n) is 8.03. The fraction of sp³-hybridized carbons (Fsp3) is 0.333. The number of carbonyl (C=O) groups is 1. The van der Waals surface area contributed by atoms with E-state index in [1.165, 1.54) is 10.5 Å². The van der Waals surface area contributed by atoms with Gasteiger partial charge in [0.05, 0.1) is 0 Å². The van der Waals surface area contributed by atoms with E-state index in [4.69, 9.17) is 5.73 Å². The molecule has 0 spiro atoms. The first kappa shape index (κ1) is 19.2. The number of nitrogens with zero attached hydrogens (tertiary/aromatic N) is 3. The largest absolute Gasteiger partial charge is 0.345 e. The third-order valence-corrected chi connectivity index (χ3v) is 8.05. The maximum Gasteiger partial charge on any atom is 0.245 e. The molecule has 0 atom stereocenters. The van der Waals surface area contributed by atoms with E-state index in [1.807, 2.05) is 24.3 Å². The van der Waals surface area contributed by atoms with E-state index < -0.39 is 15.6 Å². The molecule has 9 heteroatoms. The van der Waals surface area contributed by atoms with Crippen LogP contribution >= 0.6 is 0 Å². The minimum absolute atomic E-state index is 0.105. The Bertz CT molecular complexity index is 1200. The van der Waals surface area contributed by atoms with Crippen LogP contribution in [0.4, 0.5) is 0 Å². The topological polar surface area (TPSA) is 112 Å². The summed E-state index contributed by atoms with van der Waals surface area (Å²) in [6.07, 6.45) is 4.13. The monoisotopic (exact) mass is 425 g/mol. The first-order valence-corrected chi connectivity index (χ1v) is 11.4. The summed E-state index contributed by atoms with van der Waals surface area (Å²) < 4.78 is 27.7. The lowest BCUT2D eigenvalue weighted by molar-refractivity contribution is -0.137. The molecule has 1 aromatic carbocycles. The third-order valence-electron chi connectivity index (χ3n) is 6.11. The van der Waals surface area contributed by atoms with E-state index in [0.717, 1.165) is 11.1 Å². The number of pyridine rings is 1. The molecule has 156 valence electrons. The molecule has 1 aliphatic carbocycles. The van der Waals surface area contributed by atoms with Crippen LogP contribution in [0, 0.1) is 0 Å². The van der Waals surface area contributed by atoms with Crippen LogP contribution in [0.1, 0.15) is 11.1 Å². The molecule has 1 amide bonds. The number of H-pyrrole nitrogens is 1. The second-order valence-corrected chi connectivity index (χ2v) is 9.93. The molecule has 0 radical (unpaired) electrons.